The minimum Gasteiger partial charge on any atom is -0.493 e. The van der Waals surface area contributed by atoms with Crippen molar-refractivity contribution >= 4 is 0 Å². The monoisotopic (exact) mass is 231 g/mol. The smallest absolute Gasteiger partial charge is 0.122 e. The lowest BCUT2D eigenvalue weighted by Gasteiger charge is -2.11. The van der Waals surface area contributed by atoms with E-state index in [0.29, 0.717) is 11.3 Å². The molecule has 1 fully saturated rings. The summed E-state index contributed by atoms with van der Waals surface area (Å²) in [5.74, 6) is 2.49. The van der Waals surface area contributed by atoms with E-state index in [1.807, 2.05) is 6.07 Å². The van der Waals surface area contributed by atoms with Crippen LogP contribution in [-0.2, 0) is 0 Å². The van der Waals surface area contributed by atoms with Crippen LogP contribution in [0.15, 0.2) is 24.3 Å². The van der Waals surface area contributed by atoms with Crippen molar-refractivity contribution in [2.45, 2.75) is 26.2 Å². The van der Waals surface area contributed by atoms with E-state index < -0.39 is 0 Å². The Bertz CT molecular complexity index is 413. The molecule has 0 amide bonds. The van der Waals surface area contributed by atoms with Crippen LogP contribution in [0.1, 0.15) is 31.7 Å². The third-order valence-corrected chi connectivity index (χ3v) is 4.30. The second-order valence-electron chi connectivity index (χ2n) is 6.09. The lowest BCUT2D eigenvalue weighted by Crippen LogP contribution is -2.25. The molecule has 1 aliphatic carbocycles. The molecule has 1 heterocycles. The molecule has 0 spiro atoms. The van der Waals surface area contributed by atoms with Gasteiger partial charge in [-0.15, -0.1) is 0 Å². The Kier molecular flexibility index (Phi) is 2.62. The summed E-state index contributed by atoms with van der Waals surface area (Å²) in [5.41, 5.74) is 1.95. The van der Waals surface area contributed by atoms with Gasteiger partial charge in [-0.1, -0.05) is 32.0 Å². The summed E-state index contributed by atoms with van der Waals surface area (Å²) in [7, 11) is 0. The first-order valence-corrected chi connectivity index (χ1v) is 6.59. The fourth-order valence-electron chi connectivity index (χ4n) is 2.75. The normalized spacial score (nSPS) is 28.6. The molecule has 2 unspecified atom stereocenters. The van der Waals surface area contributed by atoms with Gasteiger partial charge in [0.15, 0.2) is 0 Å². The average Bonchev–Trinajstić information content (AvgIpc) is 2.74. The van der Waals surface area contributed by atoms with Gasteiger partial charge in [-0.05, 0) is 30.4 Å². The van der Waals surface area contributed by atoms with Crippen molar-refractivity contribution in [2.24, 2.45) is 11.3 Å². The standard InChI is InChI=1S/C15H21NO/c1-15(2)7-12(15)9-16-8-11-10-17-14-6-4-3-5-13(11)14/h3-6,11-12,16H,7-10H2,1-2H3. The molecule has 2 nitrogen and oxygen atoms in total. The van der Waals surface area contributed by atoms with Crippen LogP contribution in [-0.4, -0.2) is 19.7 Å². The van der Waals surface area contributed by atoms with Crippen molar-refractivity contribution in [2.75, 3.05) is 19.7 Å². The van der Waals surface area contributed by atoms with Gasteiger partial charge in [-0.25, -0.2) is 0 Å². The van der Waals surface area contributed by atoms with Crippen LogP contribution in [0.4, 0.5) is 0 Å². The van der Waals surface area contributed by atoms with Crippen molar-refractivity contribution in [3.05, 3.63) is 29.8 Å². The second-order valence-corrected chi connectivity index (χ2v) is 6.09. The number of hydrogen-bond donors (Lipinski definition) is 1. The van der Waals surface area contributed by atoms with Crippen molar-refractivity contribution in [1.82, 2.24) is 5.32 Å². The van der Waals surface area contributed by atoms with Gasteiger partial charge in [-0.3, -0.25) is 0 Å². The molecular weight excluding hydrogens is 210 g/mol. The highest BCUT2D eigenvalue weighted by atomic mass is 16.5. The summed E-state index contributed by atoms with van der Waals surface area (Å²) < 4.78 is 5.69. The Morgan fingerprint density at radius 2 is 2.06 bits per heavy atom. The number of hydrogen-bond acceptors (Lipinski definition) is 2. The number of ether oxygens (including phenoxy) is 1. The minimum absolute atomic E-state index is 0.535. The molecular formula is C15H21NO. The quantitative estimate of drug-likeness (QED) is 0.860. The summed E-state index contributed by atoms with van der Waals surface area (Å²) >= 11 is 0. The molecule has 0 radical (unpaired) electrons. The molecule has 2 atom stereocenters. The van der Waals surface area contributed by atoms with Gasteiger partial charge >= 0.3 is 0 Å². The number of para-hydroxylation sites is 1. The van der Waals surface area contributed by atoms with Crippen LogP contribution in [0.5, 0.6) is 5.75 Å². The van der Waals surface area contributed by atoms with Crippen molar-refractivity contribution in [1.29, 1.82) is 0 Å². The van der Waals surface area contributed by atoms with E-state index in [2.05, 4.69) is 37.4 Å². The molecule has 0 saturated heterocycles. The van der Waals surface area contributed by atoms with Crippen molar-refractivity contribution in [3.8, 4) is 5.75 Å². The number of fused-ring (bicyclic) bond motifs is 1. The Morgan fingerprint density at radius 3 is 2.82 bits per heavy atom. The fourth-order valence-corrected chi connectivity index (χ4v) is 2.75. The van der Waals surface area contributed by atoms with Gasteiger partial charge in [-0.2, -0.15) is 0 Å². The van der Waals surface area contributed by atoms with E-state index in [0.717, 1.165) is 31.4 Å². The Balaban J connectivity index is 1.51. The molecule has 1 aromatic rings. The predicted octanol–water partition coefficient (Wildman–Crippen LogP) is 2.80. The molecule has 1 N–H and O–H groups in total. The van der Waals surface area contributed by atoms with Crippen LogP contribution < -0.4 is 10.1 Å². The third kappa shape index (κ3) is 2.19. The van der Waals surface area contributed by atoms with Crippen LogP contribution in [0.3, 0.4) is 0 Å². The highest BCUT2D eigenvalue weighted by Gasteiger charge is 2.44. The van der Waals surface area contributed by atoms with Gasteiger partial charge in [0.2, 0.25) is 0 Å². The molecule has 92 valence electrons. The second kappa shape index (κ2) is 4.02. The molecule has 2 aliphatic rings. The summed E-state index contributed by atoms with van der Waals surface area (Å²) in [4.78, 5) is 0. The molecule has 0 aromatic heterocycles. The maximum absolute atomic E-state index is 5.69. The zero-order valence-corrected chi connectivity index (χ0v) is 10.7. The number of nitrogens with one attached hydrogen (secondary N) is 1. The number of rotatable bonds is 4. The summed E-state index contributed by atoms with van der Waals surface area (Å²) in [6, 6.07) is 8.40. The Labute approximate surface area is 103 Å². The largest absolute Gasteiger partial charge is 0.493 e. The molecule has 2 heteroatoms. The van der Waals surface area contributed by atoms with Gasteiger partial charge in [0.1, 0.15) is 5.75 Å². The molecule has 3 rings (SSSR count). The highest BCUT2D eigenvalue weighted by Crippen LogP contribution is 2.51. The van der Waals surface area contributed by atoms with Crippen LogP contribution in [0, 0.1) is 11.3 Å². The Morgan fingerprint density at radius 1 is 1.29 bits per heavy atom. The van der Waals surface area contributed by atoms with Gasteiger partial charge < -0.3 is 10.1 Å². The molecule has 1 aromatic carbocycles. The zero-order chi connectivity index (χ0) is 11.9. The molecule has 0 bridgehead atoms. The maximum Gasteiger partial charge on any atom is 0.122 e. The van der Waals surface area contributed by atoms with Crippen LogP contribution in [0.25, 0.3) is 0 Å². The number of benzene rings is 1. The summed E-state index contributed by atoms with van der Waals surface area (Å²) in [5, 5.41) is 3.61. The van der Waals surface area contributed by atoms with Gasteiger partial charge in [0.25, 0.3) is 0 Å². The van der Waals surface area contributed by atoms with E-state index in [1.165, 1.54) is 12.0 Å². The first kappa shape index (κ1) is 11.1. The van der Waals surface area contributed by atoms with E-state index >= 15 is 0 Å². The first-order chi connectivity index (χ1) is 8.17. The Hall–Kier alpha value is -1.02. The summed E-state index contributed by atoms with van der Waals surface area (Å²) in [6.45, 7) is 7.75. The lowest BCUT2D eigenvalue weighted by molar-refractivity contribution is 0.325. The van der Waals surface area contributed by atoms with Crippen LogP contribution >= 0.6 is 0 Å². The first-order valence-electron chi connectivity index (χ1n) is 6.59. The lowest BCUT2D eigenvalue weighted by atomic mass is 10.0. The zero-order valence-electron chi connectivity index (χ0n) is 10.7. The van der Waals surface area contributed by atoms with E-state index in [1.54, 1.807) is 0 Å². The molecule has 17 heavy (non-hydrogen) atoms. The third-order valence-electron chi connectivity index (χ3n) is 4.30. The fraction of sp³-hybridized carbons (Fsp3) is 0.600. The van der Waals surface area contributed by atoms with E-state index in [9.17, 15) is 0 Å². The minimum atomic E-state index is 0.535. The molecule has 1 aliphatic heterocycles. The van der Waals surface area contributed by atoms with Crippen molar-refractivity contribution < 1.29 is 4.74 Å². The van der Waals surface area contributed by atoms with Crippen LogP contribution in [0.2, 0.25) is 0 Å². The van der Waals surface area contributed by atoms with E-state index in [4.69, 9.17) is 4.74 Å². The topological polar surface area (TPSA) is 21.3 Å². The highest BCUT2D eigenvalue weighted by molar-refractivity contribution is 5.39. The SMILES string of the molecule is CC1(C)CC1CNCC1COc2ccccc21. The van der Waals surface area contributed by atoms with Crippen molar-refractivity contribution in [3.63, 3.8) is 0 Å². The van der Waals surface area contributed by atoms with Gasteiger partial charge in [0, 0.05) is 18.0 Å². The summed E-state index contributed by atoms with van der Waals surface area (Å²) in [6.07, 6.45) is 1.37. The molecule has 1 saturated carbocycles. The van der Waals surface area contributed by atoms with Gasteiger partial charge in [0.05, 0.1) is 6.61 Å². The average molecular weight is 231 g/mol. The van der Waals surface area contributed by atoms with E-state index in [-0.39, 0.29) is 0 Å². The predicted molar refractivity (Wildman–Crippen MR) is 69.4 cm³/mol. The maximum atomic E-state index is 5.69.